The highest BCUT2D eigenvalue weighted by Crippen LogP contribution is 2.34. The van der Waals surface area contributed by atoms with Crippen LogP contribution in [0, 0.1) is 5.92 Å². The average Bonchev–Trinajstić information content (AvgIpc) is 2.71. The van der Waals surface area contributed by atoms with E-state index in [1.165, 1.54) is 0 Å². The first-order valence-corrected chi connectivity index (χ1v) is 8.03. The Morgan fingerprint density at radius 2 is 2.00 bits per heavy atom. The SMILES string of the molecule is Cn1c(=O)n(C)c2cc(C(O)C3CCCNC3)c(Br)cc21. The monoisotopic (exact) mass is 353 g/mol. The fourth-order valence-corrected chi connectivity index (χ4v) is 3.73. The van der Waals surface area contributed by atoms with Crippen molar-refractivity contribution in [1.82, 2.24) is 14.5 Å². The number of aromatic nitrogens is 2. The van der Waals surface area contributed by atoms with Gasteiger partial charge in [0.2, 0.25) is 0 Å². The molecular weight excluding hydrogens is 334 g/mol. The first-order chi connectivity index (χ1) is 10.0. The largest absolute Gasteiger partial charge is 0.388 e. The van der Waals surface area contributed by atoms with Gasteiger partial charge in [0, 0.05) is 31.0 Å². The topological polar surface area (TPSA) is 59.2 Å². The lowest BCUT2D eigenvalue weighted by molar-refractivity contribution is 0.0916. The number of rotatable bonds is 2. The normalized spacial score (nSPS) is 20.9. The third-order valence-electron chi connectivity index (χ3n) is 4.49. The van der Waals surface area contributed by atoms with E-state index in [1.807, 2.05) is 12.1 Å². The van der Waals surface area contributed by atoms with Gasteiger partial charge >= 0.3 is 5.69 Å². The number of hydrogen-bond acceptors (Lipinski definition) is 3. The first-order valence-electron chi connectivity index (χ1n) is 7.24. The van der Waals surface area contributed by atoms with Gasteiger partial charge in [-0.1, -0.05) is 15.9 Å². The predicted octanol–water partition coefficient (Wildman–Crippen LogP) is 1.67. The average molecular weight is 354 g/mol. The van der Waals surface area contributed by atoms with Gasteiger partial charge in [0.15, 0.2) is 0 Å². The molecule has 2 N–H and O–H groups in total. The van der Waals surface area contributed by atoms with Crippen LogP contribution in [0.15, 0.2) is 21.4 Å². The van der Waals surface area contributed by atoms with Crippen LogP contribution in [0.25, 0.3) is 11.0 Å². The number of piperidine rings is 1. The summed E-state index contributed by atoms with van der Waals surface area (Å²) in [6.45, 7) is 1.86. The van der Waals surface area contributed by atoms with Crippen LogP contribution >= 0.6 is 15.9 Å². The number of aryl methyl sites for hydroxylation is 2. The van der Waals surface area contributed by atoms with E-state index in [0.29, 0.717) is 0 Å². The first kappa shape index (κ1) is 14.8. The van der Waals surface area contributed by atoms with Gasteiger partial charge in [-0.25, -0.2) is 4.79 Å². The van der Waals surface area contributed by atoms with Crippen LogP contribution in [0.5, 0.6) is 0 Å². The number of aliphatic hydroxyl groups is 1. The number of aliphatic hydroxyl groups excluding tert-OH is 1. The standard InChI is InChI=1S/C15H20BrN3O2/c1-18-12-6-10(14(20)9-4-3-5-17-8-9)11(16)7-13(12)19(2)15(18)21/h6-7,9,14,17,20H,3-5,8H2,1-2H3. The molecule has 0 aliphatic carbocycles. The number of fused-ring (bicyclic) bond motifs is 1. The Kier molecular flexibility index (Phi) is 3.94. The van der Waals surface area contributed by atoms with E-state index in [-0.39, 0.29) is 11.6 Å². The maximum absolute atomic E-state index is 12.0. The van der Waals surface area contributed by atoms with Crippen molar-refractivity contribution in [3.63, 3.8) is 0 Å². The van der Waals surface area contributed by atoms with E-state index in [4.69, 9.17) is 0 Å². The third kappa shape index (κ3) is 2.45. The van der Waals surface area contributed by atoms with Gasteiger partial charge in [0.05, 0.1) is 17.1 Å². The van der Waals surface area contributed by atoms with Crippen molar-refractivity contribution in [2.24, 2.45) is 20.0 Å². The number of benzene rings is 1. The molecule has 1 aliphatic heterocycles. The minimum Gasteiger partial charge on any atom is -0.388 e. The summed E-state index contributed by atoms with van der Waals surface area (Å²) >= 11 is 3.55. The van der Waals surface area contributed by atoms with Crippen molar-refractivity contribution in [2.45, 2.75) is 18.9 Å². The number of imidazole rings is 1. The molecule has 21 heavy (non-hydrogen) atoms. The Hall–Kier alpha value is -1.11. The van der Waals surface area contributed by atoms with E-state index < -0.39 is 6.10 Å². The van der Waals surface area contributed by atoms with Crippen LogP contribution in [0.2, 0.25) is 0 Å². The quantitative estimate of drug-likeness (QED) is 0.863. The summed E-state index contributed by atoms with van der Waals surface area (Å²) < 4.78 is 4.10. The van der Waals surface area contributed by atoms with Crippen LogP contribution in [0.1, 0.15) is 24.5 Å². The zero-order valence-corrected chi connectivity index (χ0v) is 13.9. The molecule has 2 heterocycles. The second-order valence-corrected chi connectivity index (χ2v) is 6.67. The molecule has 0 amide bonds. The maximum Gasteiger partial charge on any atom is 0.328 e. The number of nitrogens with zero attached hydrogens (tertiary/aromatic N) is 2. The molecule has 6 heteroatoms. The van der Waals surface area contributed by atoms with Crippen molar-refractivity contribution >= 4 is 27.0 Å². The molecule has 5 nitrogen and oxygen atoms in total. The van der Waals surface area contributed by atoms with E-state index in [9.17, 15) is 9.90 Å². The van der Waals surface area contributed by atoms with E-state index in [1.54, 1.807) is 23.2 Å². The number of hydrogen-bond donors (Lipinski definition) is 2. The van der Waals surface area contributed by atoms with E-state index in [2.05, 4.69) is 21.2 Å². The van der Waals surface area contributed by atoms with Gasteiger partial charge in [0.25, 0.3) is 0 Å². The van der Waals surface area contributed by atoms with E-state index in [0.717, 1.165) is 47.0 Å². The number of halogens is 1. The van der Waals surface area contributed by atoms with Crippen LogP contribution in [0.3, 0.4) is 0 Å². The minimum atomic E-state index is -0.521. The Bertz CT molecular complexity index is 729. The Balaban J connectivity index is 2.08. The van der Waals surface area contributed by atoms with Crippen molar-refractivity contribution in [3.05, 3.63) is 32.7 Å². The van der Waals surface area contributed by atoms with Crippen LogP contribution in [0.4, 0.5) is 0 Å². The van der Waals surface area contributed by atoms with Gasteiger partial charge in [-0.3, -0.25) is 9.13 Å². The summed E-state index contributed by atoms with van der Waals surface area (Å²) in [5.74, 6) is 0.216. The Morgan fingerprint density at radius 3 is 2.62 bits per heavy atom. The summed E-state index contributed by atoms with van der Waals surface area (Å²) in [6.07, 6.45) is 1.59. The minimum absolute atomic E-state index is 0.0529. The Morgan fingerprint density at radius 1 is 1.33 bits per heavy atom. The highest BCUT2D eigenvalue weighted by molar-refractivity contribution is 9.10. The third-order valence-corrected chi connectivity index (χ3v) is 5.18. The van der Waals surface area contributed by atoms with E-state index >= 15 is 0 Å². The zero-order chi connectivity index (χ0) is 15.1. The molecule has 1 aliphatic rings. The lowest BCUT2D eigenvalue weighted by Gasteiger charge is -2.28. The van der Waals surface area contributed by atoms with Gasteiger partial charge in [-0.15, -0.1) is 0 Å². The maximum atomic E-state index is 12.0. The van der Waals surface area contributed by atoms with Crippen molar-refractivity contribution < 1.29 is 5.11 Å². The summed E-state index contributed by atoms with van der Waals surface area (Å²) in [6, 6.07) is 3.85. The summed E-state index contributed by atoms with van der Waals surface area (Å²) in [4.78, 5) is 12.0. The Labute approximate surface area is 131 Å². The molecule has 0 saturated carbocycles. The second kappa shape index (κ2) is 5.59. The highest BCUT2D eigenvalue weighted by Gasteiger charge is 2.25. The van der Waals surface area contributed by atoms with Gasteiger partial charge in [-0.2, -0.15) is 0 Å². The van der Waals surface area contributed by atoms with Crippen molar-refractivity contribution in [2.75, 3.05) is 13.1 Å². The van der Waals surface area contributed by atoms with Gasteiger partial charge in [-0.05, 0) is 37.1 Å². The fourth-order valence-electron chi connectivity index (χ4n) is 3.16. The predicted molar refractivity (Wildman–Crippen MR) is 86.4 cm³/mol. The molecular formula is C15H20BrN3O2. The summed E-state index contributed by atoms with van der Waals surface area (Å²) in [5, 5.41) is 14.0. The molecule has 3 rings (SSSR count). The highest BCUT2D eigenvalue weighted by atomic mass is 79.9. The van der Waals surface area contributed by atoms with Crippen molar-refractivity contribution in [1.29, 1.82) is 0 Å². The van der Waals surface area contributed by atoms with Gasteiger partial charge < -0.3 is 10.4 Å². The van der Waals surface area contributed by atoms with Gasteiger partial charge in [0.1, 0.15) is 0 Å². The van der Waals surface area contributed by atoms with Crippen LogP contribution < -0.4 is 11.0 Å². The molecule has 2 atom stereocenters. The molecule has 1 aromatic heterocycles. The van der Waals surface area contributed by atoms with Crippen LogP contribution in [-0.4, -0.2) is 27.3 Å². The smallest absolute Gasteiger partial charge is 0.328 e. The van der Waals surface area contributed by atoms with Crippen LogP contribution in [-0.2, 0) is 14.1 Å². The molecule has 0 radical (unpaired) electrons. The second-order valence-electron chi connectivity index (χ2n) is 5.81. The molecule has 2 unspecified atom stereocenters. The molecule has 0 bridgehead atoms. The molecule has 114 valence electrons. The molecule has 0 spiro atoms. The lowest BCUT2D eigenvalue weighted by atomic mass is 9.89. The number of nitrogens with one attached hydrogen (secondary N) is 1. The summed E-state index contributed by atoms with van der Waals surface area (Å²) in [5.41, 5.74) is 2.52. The molecule has 1 aromatic carbocycles. The molecule has 2 aromatic rings. The lowest BCUT2D eigenvalue weighted by Crippen LogP contribution is -2.33. The van der Waals surface area contributed by atoms with Crippen molar-refractivity contribution in [3.8, 4) is 0 Å². The zero-order valence-electron chi connectivity index (χ0n) is 12.3. The molecule has 1 fully saturated rings. The summed E-state index contributed by atoms with van der Waals surface area (Å²) in [7, 11) is 3.52. The fraction of sp³-hybridized carbons (Fsp3) is 0.533. The molecule has 1 saturated heterocycles.